The van der Waals surface area contributed by atoms with E-state index in [2.05, 4.69) is 16.4 Å². The first-order valence-corrected chi connectivity index (χ1v) is 5.50. The number of hydrogen-bond donors (Lipinski definition) is 1. The van der Waals surface area contributed by atoms with Gasteiger partial charge < -0.3 is 10.1 Å². The second kappa shape index (κ2) is 4.95. The average Bonchev–Trinajstić information content (AvgIpc) is 2.79. The van der Waals surface area contributed by atoms with Gasteiger partial charge in [-0.1, -0.05) is 0 Å². The van der Waals surface area contributed by atoms with Crippen molar-refractivity contribution in [2.75, 3.05) is 19.7 Å². The van der Waals surface area contributed by atoms with Crippen LogP contribution in [0.4, 0.5) is 0 Å². The summed E-state index contributed by atoms with van der Waals surface area (Å²) in [5.74, 6) is 1.00. The summed E-state index contributed by atoms with van der Waals surface area (Å²) in [5, 5.41) is 12.3. The molecule has 1 saturated heterocycles. The van der Waals surface area contributed by atoms with E-state index in [0.29, 0.717) is 24.0 Å². The zero-order valence-electron chi connectivity index (χ0n) is 9.36. The number of ether oxygens (including phenoxy) is 1. The normalized spacial score (nSPS) is 19.4. The minimum Gasteiger partial charge on any atom is -0.476 e. The van der Waals surface area contributed by atoms with Crippen LogP contribution in [0.2, 0.25) is 0 Å². The Morgan fingerprint density at radius 2 is 2.56 bits per heavy atom. The molecule has 0 radical (unpaired) electrons. The maximum Gasteiger partial charge on any atom is 0.231 e. The van der Waals surface area contributed by atoms with Gasteiger partial charge in [-0.3, -0.25) is 0 Å². The van der Waals surface area contributed by atoms with Crippen molar-refractivity contribution in [2.24, 2.45) is 5.92 Å². The fourth-order valence-corrected chi connectivity index (χ4v) is 1.83. The summed E-state index contributed by atoms with van der Waals surface area (Å²) < 4.78 is 5.62. The summed E-state index contributed by atoms with van der Waals surface area (Å²) in [7, 11) is 0. The molecule has 0 aromatic carbocycles. The molecule has 1 fully saturated rings. The van der Waals surface area contributed by atoms with E-state index in [-0.39, 0.29) is 0 Å². The molecule has 4 nitrogen and oxygen atoms in total. The monoisotopic (exact) mass is 217 g/mol. The Bertz CT molecular complexity index is 405. The van der Waals surface area contributed by atoms with E-state index in [1.807, 2.05) is 13.0 Å². The van der Waals surface area contributed by atoms with Gasteiger partial charge in [-0.15, -0.1) is 0 Å². The number of nitrogens with zero attached hydrogens (tertiary/aromatic N) is 2. The lowest BCUT2D eigenvalue weighted by atomic mass is 10.1. The highest BCUT2D eigenvalue weighted by Crippen LogP contribution is 2.19. The van der Waals surface area contributed by atoms with E-state index in [0.717, 1.165) is 25.1 Å². The van der Waals surface area contributed by atoms with Crippen LogP contribution in [0, 0.1) is 24.2 Å². The van der Waals surface area contributed by atoms with Crippen LogP contribution in [0.5, 0.6) is 5.88 Å². The fraction of sp³-hybridized carbons (Fsp3) is 0.500. The van der Waals surface area contributed by atoms with Crippen molar-refractivity contribution in [3.05, 3.63) is 23.4 Å². The largest absolute Gasteiger partial charge is 0.476 e. The Morgan fingerprint density at radius 1 is 1.69 bits per heavy atom. The van der Waals surface area contributed by atoms with E-state index in [9.17, 15) is 0 Å². The molecule has 2 heterocycles. The lowest BCUT2D eigenvalue weighted by Crippen LogP contribution is -2.16. The number of hydrogen-bond acceptors (Lipinski definition) is 4. The number of nitriles is 1. The van der Waals surface area contributed by atoms with Crippen molar-refractivity contribution in [3.63, 3.8) is 0 Å². The van der Waals surface area contributed by atoms with Gasteiger partial charge in [-0.05, 0) is 31.5 Å². The first-order chi connectivity index (χ1) is 7.81. The molecule has 16 heavy (non-hydrogen) atoms. The minimum absolute atomic E-state index is 0.467. The van der Waals surface area contributed by atoms with Gasteiger partial charge in [0.2, 0.25) is 5.88 Å². The number of nitrogens with one attached hydrogen (secondary N) is 1. The molecule has 0 amide bonds. The minimum atomic E-state index is 0.467. The molecule has 1 atom stereocenters. The summed E-state index contributed by atoms with van der Waals surface area (Å²) >= 11 is 0. The molecule has 1 N–H and O–H groups in total. The van der Waals surface area contributed by atoms with Gasteiger partial charge in [0, 0.05) is 18.7 Å². The van der Waals surface area contributed by atoms with Gasteiger partial charge in [0.1, 0.15) is 11.6 Å². The van der Waals surface area contributed by atoms with Crippen molar-refractivity contribution >= 4 is 0 Å². The van der Waals surface area contributed by atoms with Crippen LogP contribution >= 0.6 is 0 Å². The smallest absolute Gasteiger partial charge is 0.231 e. The molecule has 1 unspecified atom stereocenters. The van der Waals surface area contributed by atoms with Crippen LogP contribution in [0.3, 0.4) is 0 Å². The number of aryl methyl sites for hydroxylation is 1. The van der Waals surface area contributed by atoms with Crippen molar-refractivity contribution in [2.45, 2.75) is 13.3 Å². The molecule has 1 aromatic heterocycles. The Labute approximate surface area is 95.3 Å². The number of pyridine rings is 1. The molecular weight excluding hydrogens is 202 g/mol. The third-order valence-corrected chi connectivity index (χ3v) is 2.85. The van der Waals surface area contributed by atoms with Gasteiger partial charge in [-0.2, -0.15) is 5.26 Å². The van der Waals surface area contributed by atoms with Gasteiger partial charge in [0.25, 0.3) is 0 Å². The maximum atomic E-state index is 9.01. The highest BCUT2D eigenvalue weighted by atomic mass is 16.5. The lowest BCUT2D eigenvalue weighted by Gasteiger charge is -2.11. The Hall–Kier alpha value is -1.60. The molecule has 4 heteroatoms. The summed E-state index contributed by atoms with van der Waals surface area (Å²) in [6, 6.07) is 3.96. The molecule has 0 saturated carbocycles. The SMILES string of the molecule is Cc1ccnc(OCC2CCNC2)c1C#N. The molecule has 2 rings (SSSR count). The summed E-state index contributed by atoms with van der Waals surface area (Å²) in [6.45, 7) is 4.58. The zero-order valence-corrected chi connectivity index (χ0v) is 9.36. The third kappa shape index (κ3) is 2.31. The van der Waals surface area contributed by atoms with E-state index in [1.54, 1.807) is 6.20 Å². The quantitative estimate of drug-likeness (QED) is 0.827. The molecule has 84 valence electrons. The summed E-state index contributed by atoms with van der Waals surface area (Å²) in [5.41, 5.74) is 1.46. The Kier molecular flexibility index (Phi) is 3.37. The van der Waals surface area contributed by atoms with Crippen molar-refractivity contribution < 1.29 is 4.74 Å². The third-order valence-electron chi connectivity index (χ3n) is 2.85. The van der Waals surface area contributed by atoms with Crippen LogP contribution in [0.15, 0.2) is 12.3 Å². The first-order valence-electron chi connectivity index (χ1n) is 5.50. The van der Waals surface area contributed by atoms with E-state index >= 15 is 0 Å². The molecule has 0 aliphatic carbocycles. The van der Waals surface area contributed by atoms with E-state index in [4.69, 9.17) is 10.00 Å². The van der Waals surface area contributed by atoms with Crippen molar-refractivity contribution in [1.82, 2.24) is 10.3 Å². The lowest BCUT2D eigenvalue weighted by molar-refractivity contribution is 0.250. The highest BCUT2D eigenvalue weighted by molar-refractivity contribution is 5.43. The predicted octanol–water partition coefficient (Wildman–Crippen LogP) is 1.25. The number of aromatic nitrogens is 1. The predicted molar refractivity (Wildman–Crippen MR) is 60.2 cm³/mol. The van der Waals surface area contributed by atoms with E-state index in [1.165, 1.54) is 0 Å². The molecule has 1 aliphatic rings. The molecule has 0 bridgehead atoms. The molecular formula is C12H15N3O. The Balaban J connectivity index is 2.03. The van der Waals surface area contributed by atoms with Crippen molar-refractivity contribution in [3.8, 4) is 11.9 Å². The zero-order chi connectivity index (χ0) is 11.4. The maximum absolute atomic E-state index is 9.01. The second-order valence-corrected chi connectivity index (χ2v) is 4.09. The summed E-state index contributed by atoms with van der Waals surface area (Å²) in [4.78, 5) is 4.11. The standard InChI is InChI=1S/C12H15N3O/c1-9-2-5-15-12(11(9)6-13)16-8-10-3-4-14-7-10/h2,5,10,14H,3-4,7-8H2,1H3. The van der Waals surface area contributed by atoms with Gasteiger partial charge in [0.05, 0.1) is 6.61 Å². The Morgan fingerprint density at radius 3 is 3.25 bits per heavy atom. The van der Waals surface area contributed by atoms with Gasteiger partial charge >= 0.3 is 0 Å². The highest BCUT2D eigenvalue weighted by Gasteiger charge is 2.16. The first kappa shape index (κ1) is 10.9. The van der Waals surface area contributed by atoms with Crippen LogP contribution in [0.25, 0.3) is 0 Å². The molecule has 1 aliphatic heterocycles. The van der Waals surface area contributed by atoms with Gasteiger partial charge in [0.15, 0.2) is 0 Å². The molecule has 1 aromatic rings. The molecule has 0 spiro atoms. The topological polar surface area (TPSA) is 57.9 Å². The summed E-state index contributed by atoms with van der Waals surface area (Å²) in [6.07, 6.45) is 2.81. The van der Waals surface area contributed by atoms with Crippen LogP contribution in [-0.2, 0) is 0 Å². The van der Waals surface area contributed by atoms with E-state index < -0.39 is 0 Å². The second-order valence-electron chi connectivity index (χ2n) is 4.09. The van der Waals surface area contributed by atoms with Crippen molar-refractivity contribution in [1.29, 1.82) is 5.26 Å². The van der Waals surface area contributed by atoms with Crippen LogP contribution in [-0.4, -0.2) is 24.7 Å². The number of rotatable bonds is 3. The average molecular weight is 217 g/mol. The fourth-order valence-electron chi connectivity index (χ4n) is 1.83. The van der Waals surface area contributed by atoms with Crippen LogP contribution < -0.4 is 10.1 Å². The van der Waals surface area contributed by atoms with Crippen LogP contribution in [0.1, 0.15) is 17.5 Å². The van der Waals surface area contributed by atoms with Gasteiger partial charge in [-0.25, -0.2) is 4.98 Å².